The second kappa shape index (κ2) is 5.74. The van der Waals surface area contributed by atoms with Gasteiger partial charge in [0.1, 0.15) is 5.75 Å². The number of amides is 1. The van der Waals surface area contributed by atoms with Gasteiger partial charge in [0, 0.05) is 7.05 Å². The van der Waals surface area contributed by atoms with Gasteiger partial charge in [-0.05, 0) is 12.1 Å². The van der Waals surface area contributed by atoms with Crippen LogP contribution in [-0.2, 0) is 0 Å². The van der Waals surface area contributed by atoms with Crippen LogP contribution in [0.1, 0.15) is 10.4 Å². The Morgan fingerprint density at radius 1 is 1.53 bits per heavy atom. The summed E-state index contributed by atoms with van der Waals surface area (Å²) in [6, 6.07) is 6.88. The summed E-state index contributed by atoms with van der Waals surface area (Å²) in [5.74, 6) is 0.202. The van der Waals surface area contributed by atoms with E-state index in [1.165, 1.54) is 12.0 Å². The van der Waals surface area contributed by atoms with Crippen molar-refractivity contribution in [1.29, 1.82) is 0 Å². The Bertz CT molecular complexity index is 432. The maximum absolute atomic E-state index is 12.0. The molecule has 0 spiro atoms. The third-order valence-corrected chi connectivity index (χ3v) is 2.21. The van der Waals surface area contributed by atoms with E-state index in [1.54, 1.807) is 31.3 Å². The molecule has 17 heavy (non-hydrogen) atoms. The summed E-state index contributed by atoms with van der Waals surface area (Å²) in [5, 5.41) is 11.3. The summed E-state index contributed by atoms with van der Waals surface area (Å²) >= 11 is 0. The molecule has 0 unspecified atom stereocenters. The molecular weight excluding hydrogens is 222 g/mol. The molecule has 1 aromatic rings. The number of hydrogen-bond acceptors (Lipinski definition) is 4. The minimum Gasteiger partial charge on any atom is -0.496 e. The number of nitrogens with two attached hydrogens (primary N) is 1. The van der Waals surface area contributed by atoms with E-state index in [4.69, 9.17) is 15.7 Å². The first-order chi connectivity index (χ1) is 8.10. The van der Waals surface area contributed by atoms with Crippen molar-refractivity contribution in [3.63, 3.8) is 0 Å². The van der Waals surface area contributed by atoms with Crippen molar-refractivity contribution in [1.82, 2.24) is 4.90 Å². The van der Waals surface area contributed by atoms with Crippen molar-refractivity contribution in [2.75, 3.05) is 20.7 Å². The van der Waals surface area contributed by atoms with E-state index in [0.29, 0.717) is 11.3 Å². The molecule has 1 amide bonds. The predicted molar refractivity (Wildman–Crippen MR) is 63.4 cm³/mol. The van der Waals surface area contributed by atoms with Gasteiger partial charge in [-0.25, -0.2) is 0 Å². The van der Waals surface area contributed by atoms with E-state index < -0.39 is 0 Å². The van der Waals surface area contributed by atoms with E-state index >= 15 is 0 Å². The van der Waals surface area contributed by atoms with Crippen LogP contribution in [0.4, 0.5) is 0 Å². The number of carbonyl (C=O) groups excluding carboxylic acids is 1. The molecular formula is C11H15N3O3. The molecule has 6 heteroatoms. The molecule has 6 nitrogen and oxygen atoms in total. The molecule has 1 aromatic carbocycles. The summed E-state index contributed by atoms with van der Waals surface area (Å²) in [6.07, 6.45) is 0. The summed E-state index contributed by atoms with van der Waals surface area (Å²) < 4.78 is 5.09. The lowest BCUT2D eigenvalue weighted by molar-refractivity contribution is 0.0810. The van der Waals surface area contributed by atoms with Gasteiger partial charge in [-0.3, -0.25) is 4.79 Å². The maximum Gasteiger partial charge on any atom is 0.257 e. The van der Waals surface area contributed by atoms with Crippen molar-refractivity contribution in [3.8, 4) is 5.75 Å². The fraction of sp³-hybridized carbons (Fsp3) is 0.273. The molecule has 0 aliphatic heterocycles. The lowest BCUT2D eigenvalue weighted by Crippen LogP contribution is -2.35. The van der Waals surface area contributed by atoms with Gasteiger partial charge in [0.25, 0.3) is 5.91 Å². The second-order valence-electron chi connectivity index (χ2n) is 3.45. The van der Waals surface area contributed by atoms with Crippen molar-refractivity contribution < 1.29 is 14.7 Å². The Balaban J connectivity index is 2.88. The highest BCUT2D eigenvalue weighted by atomic mass is 16.5. The number of hydrogen-bond donors (Lipinski definition) is 2. The second-order valence-corrected chi connectivity index (χ2v) is 3.45. The van der Waals surface area contributed by atoms with Gasteiger partial charge in [0.2, 0.25) is 0 Å². The van der Waals surface area contributed by atoms with E-state index in [9.17, 15) is 4.79 Å². The summed E-state index contributed by atoms with van der Waals surface area (Å²) in [5.41, 5.74) is 5.77. The first-order valence-electron chi connectivity index (χ1n) is 4.95. The van der Waals surface area contributed by atoms with E-state index in [1.807, 2.05) is 0 Å². The lowest BCUT2D eigenvalue weighted by atomic mass is 10.2. The maximum atomic E-state index is 12.0. The molecule has 0 bridgehead atoms. The quantitative estimate of drug-likeness (QED) is 0.346. The number of benzene rings is 1. The topological polar surface area (TPSA) is 88.2 Å². The molecule has 3 N–H and O–H groups in total. The zero-order valence-corrected chi connectivity index (χ0v) is 9.75. The van der Waals surface area contributed by atoms with Crippen molar-refractivity contribution in [3.05, 3.63) is 29.8 Å². The highest BCUT2D eigenvalue weighted by molar-refractivity contribution is 5.99. The number of nitrogens with zero attached hydrogens (tertiary/aromatic N) is 2. The van der Waals surface area contributed by atoms with Crippen LogP contribution < -0.4 is 10.5 Å². The molecule has 0 aromatic heterocycles. The van der Waals surface area contributed by atoms with Gasteiger partial charge in [-0.1, -0.05) is 17.3 Å². The van der Waals surface area contributed by atoms with Crippen LogP contribution in [0.25, 0.3) is 0 Å². The lowest BCUT2D eigenvalue weighted by Gasteiger charge is -2.17. The Labute approximate surface area is 99.3 Å². The van der Waals surface area contributed by atoms with Gasteiger partial charge in [-0.2, -0.15) is 0 Å². The number of carbonyl (C=O) groups is 1. The van der Waals surface area contributed by atoms with Crippen LogP contribution in [0.2, 0.25) is 0 Å². The van der Waals surface area contributed by atoms with Gasteiger partial charge < -0.3 is 20.6 Å². The van der Waals surface area contributed by atoms with Crippen molar-refractivity contribution >= 4 is 11.7 Å². The van der Waals surface area contributed by atoms with Crippen LogP contribution in [0, 0.1) is 0 Å². The van der Waals surface area contributed by atoms with Crippen LogP contribution in [0.3, 0.4) is 0 Å². The first-order valence-corrected chi connectivity index (χ1v) is 4.95. The van der Waals surface area contributed by atoms with Gasteiger partial charge in [0.05, 0.1) is 19.2 Å². The highest BCUT2D eigenvalue weighted by Crippen LogP contribution is 2.18. The molecule has 0 saturated carbocycles. The summed E-state index contributed by atoms with van der Waals surface area (Å²) in [7, 11) is 3.06. The Morgan fingerprint density at radius 2 is 2.18 bits per heavy atom. The molecule has 0 saturated heterocycles. The third kappa shape index (κ3) is 3.10. The van der Waals surface area contributed by atoms with Crippen molar-refractivity contribution in [2.45, 2.75) is 0 Å². The Morgan fingerprint density at radius 3 is 2.76 bits per heavy atom. The number of amidine groups is 1. The number of rotatable bonds is 4. The zero-order valence-electron chi connectivity index (χ0n) is 9.75. The summed E-state index contributed by atoms with van der Waals surface area (Å²) in [4.78, 5) is 13.4. The fourth-order valence-electron chi connectivity index (χ4n) is 1.37. The standard InChI is InChI=1S/C11H15N3O3/c1-14(7-10(12)13-16)11(15)8-5-3-4-6-9(8)17-2/h3-6,16H,7H2,1-2H3,(H2,12,13). The minimum absolute atomic E-state index is 0.0317. The average Bonchev–Trinajstić information content (AvgIpc) is 2.37. The van der Waals surface area contributed by atoms with Crippen LogP contribution >= 0.6 is 0 Å². The van der Waals surface area contributed by atoms with Gasteiger partial charge in [0.15, 0.2) is 5.84 Å². The van der Waals surface area contributed by atoms with Gasteiger partial charge in [-0.15, -0.1) is 0 Å². The van der Waals surface area contributed by atoms with Gasteiger partial charge >= 0.3 is 0 Å². The molecule has 0 aliphatic carbocycles. The molecule has 0 aliphatic rings. The third-order valence-electron chi connectivity index (χ3n) is 2.21. The summed E-state index contributed by atoms with van der Waals surface area (Å²) in [6.45, 7) is 0.0490. The van der Waals surface area contributed by atoms with E-state index in [-0.39, 0.29) is 18.3 Å². The van der Waals surface area contributed by atoms with E-state index in [2.05, 4.69) is 5.16 Å². The smallest absolute Gasteiger partial charge is 0.257 e. The molecule has 92 valence electrons. The SMILES string of the molecule is COc1ccccc1C(=O)N(C)CC(N)=NO. The Kier molecular flexibility index (Phi) is 4.33. The monoisotopic (exact) mass is 237 g/mol. The number of likely N-dealkylation sites (N-methyl/N-ethyl adjacent to an activating group) is 1. The first kappa shape index (κ1) is 12.8. The minimum atomic E-state index is -0.256. The molecule has 0 atom stereocenters. The molecule has 0 fully saturated rings. The van der Waals surface area contributed by atoms with Crippen LogP contribution in [-0.4, -0.2) is 42.6 Å². The predicted octanol–water partition coefficient (Wildman–Crippen LogP) is 0.514. The molecule has 0 heterocycles. The average molecular weight is 237 g/mol. The number of methoxy groups -OCH3 is 1. The largest absolute Gasteiger partial charge is 0.496 e. The van der Waals surface area contributed by atoms with Crippen LogP contribution in [0.5, 0.6) is 5.75 Å². The number of para-hydroxylation sites is 1. The molecule has 0 radical (unpaired) electrons. The van der Waals surface area contributed by atoms with Crippen molar-refractivity contribution in [2.24, 2.45) is 10.9 Å². The number of oxime groups is 1. The van der Waals surface area contributed by atoms with E-state index in [0.717, 1.165) is 0 Å². The molecule has 1 rings (SSSR count). The Hall–Kier alpha value is -2.24. The van der Waals surface area contributed by atoms with Crippen LogP contribution in [0.15, 0.2) is 29.4 Å². The normalized spacial score (nSPS) is 11.1. The fourth-order valence-corrected chi connectivity index (χ4v) is 1.37. The number of ether oxygens (including phenoxy) is 1. The highest BCUT2D eigenvalue weighted by Gasteiger charge is 2.16. The zero-order chi connectivity index (χ0) is 12.8.